The van der Waals surface area contributed by atoms with Crippen LogP contribution >= 0.6 is 0 Å². The Bertz CT molecular complexity index is 312. The first-order chi connectivity index (χ1) is 6.39. The van der Waals surface area contributed by atoms with Crippen LogP contribution in [0.15, 0.2) is 12.2 Å². The van der Waals surface area contributed by atoms with Crippen LogP contribution in [0.4, 0.5) is 0 Å². The first-order valence-electron chi connectivity index (χ1n) is 4.76. The Morgan fingerprint density at radius 3 is 2.79 bits per heavy atom. The van der Waals surface area contributed by atoms with E-state index in [1.54, 1.807) is 6.92 Å². The molecule has 0 aliphatic heterocycles. The lowest BCUT2D eigenvalue weighted by molar-refractivity contribution is -0.127. The van der Waals surface area contributed by atoms with E-state index >= 15 is 0 Å². The number of carbonyl (C=O) groups excluding carboxylic acids is 1. The van der Waals surface area contributed by atoms with E-state index in [0.717, 1.165) is 5.57 Å². The maximum atomic E-state index is 11.7. The Morgan fingerprint density at radius 1 is 1.79 bits per heavy atom. The third kappa shape index (κ3) is 1.71. The summed E-state index contributed by atoms with van der Waals surface area (Å²) in [6.07, 6.45) is 1.09. The molecule has 0 radical (unpaired) electrons. The van der Waals surface area contributed by atoms with E-state index in [1.807, 2.05) is 6.92 Å². The minimum atomic E-state index is -0.972. The van der Waals surface area contributed by atoms with E-state index in [9.17, 15) is 4.79 Å². The van der Waals surface area contributed by atoms with Crippen LogP contribution < -0.4 is 5.73 Å². The largest absolute Gasteiger partial charge is 0.318 e. The van der Waals surface area contributed by atoms with Crippen molar-refractivity contribution in [3.63, 3.8) is 0 Å². The van der Waals surface area contributed by atoms with Crippen molar-refractivity contribution in [1.29, 1.82) is 5.26 Å². The number of rotatable bonds is 1. The minimum Gasteiger partial charge on any atom is -0.318 e. The smallest absolute Gasteiger partial charge is 0.154 e. The van der Waals surface area contributed by atoms with Crippen LogP contribution in [-0.4, -0.2) is 11.3 Å². The fraction of sp³-hybridized carbons (Fsp3) is 0.636. The van der Waals surface area contributed by atoms with Gasteiger partial charge in [-0.05, 0) is 26.2 Å². The first-order valence-corrected chi connectivity index (χ1v) is 4.76. The van der Waals surface area contributed by atoms with Crippen molar-refractivity contribution in [2.24, 2.45) is 17.6 Å². The number of Topliss-reactive ketones (excluding diaryl/α,β-unsaturated/α-hetero) is 1. The van der Waals surface area contributed by atoms with Gasteiger partial charge in [-0.2, -0.15) is 5.26 Å². The van der Waals surface area contributed by atoms with Crippen molar-refractivity contribution in [3.8, 4) is 6.07 Å². The predicted octanol–water partition coefficient (Wildman–Crippen LogP) is 1.40. The lowest BCUT2D eigenvalue weighted by Crippen LogP contribution is -2.55. The average Bonchev–Trinajstić information content (AvgIpc) is 2.09. The van der Waals surface area contributed by atoms with Crippen LogP contribution in [-0.2, 0) is 4.79 Å². The summed E-state index contributed by atoms with van der Waals surface area (Å²) >= 11 is 0. The van der Waals surface area contributed by atoms with Crippen LogP contribution in [0.25, 0.3) is 0 Å². The highest BCUT2D eigenvalue weighted by Gasteiger charge is 2.43. The van der Waals surface area contributed by atoms with Gasteiger partial charge in [0, 0.05) is 6.42 Å². The molecule has 3 nitrogen and oxygen atoms in total. The van der Waals surface area contributed by atoms with E-state index in [0.29, 0.717) is 12.8 Å². The topological polar surface area (TPSA) is 66.9 Å². The molecule has 1 unspecified atom stereocenters. The highest BCUT2D eigenvalue weighted by Crippen LogP contribution is 2.35. The molecule has 1 aliphatic rings. The third-order valence-electron chi connectivity index (χ3n) is 3.13. The molecule has 1 aliphatic carbocycles. The number of hydrogen-bond donors (Lipinski definition) is 1. The molecule has 0 aromatic rings. The molecule has 0 aromatic carbocycles. The summed E-state index contributed by atoms with van der Waals surface area (Å²) in [4.78, 5) is 11.7. The van der Waals surface area contributed by atoms with Crippen molar-refractivity contribution < 1.29 is 4.79 Å². The summed E-state index contributed by atoms with van der Waals surface area (Å²) in [5.74, 6) is -0.280. The van der Waals surface area contributed by atoms with Crippen molar-refractivity contribution in [2.45, 2.75) is 32.2 Å². The van der Waals surface area contributed by atoms with Gasteiger partial charge in [-0.1, -0.05) is 12.2 Å². The lowest BCUT2D eigenvalue weighted by Gasteiger charge is -2.36. The summed E-state index contributed by atoms with van der Waals surface area (Å²) in [6.45, 7) is 7.37. The standard InChI is InChI=1S/C11H16N2O/c1-7(2)8-4-9(6-12)11(3,13)10(14)5-8/h8-9H,1,4-5,13H2,2-3H3/t8-,9?,11-/m0/s1. The number of nitriles is 1. The monoisotopic (exact) mass is 192 g/mol. The van der Waals surface area contributed by atoms with Crippen molar-refractivity contribution in [2.75, 3.05) is 0 Å². The summed E-state index contributed by atoms with van der Waals surface area (Å²) < 4.78 is 0. The SMILES string of the molecule is C=C(C)[C@@H]1CC(=O)[C@@](C)(N)C(C#N)C1. The van der Waals surface area contributed by atoms with E-state index in [4.69, 9.17) is 11.0 Å². The lowest BCUT2D eigenvalue weighted by atomic mass is 9.68. The van der Waals surface area contributed by atoms with E-state index in [1.165, 1.54) is 0 Å². The molecule has 2 N–H and O–H groups in total. The molecule has 1 saturated carbocycles. The second kappa shape index (κ2) is 3.55. The maximum absolute atomic E-state index is 11.7. The van der Waals surface area contributed by atoms with Crippen molar-refractivity contribution >= 4 is 5.78 Å². The molecule has 0 bridgehead atoms. The van der Waals surface area contributed by atoms with Crippen LogP contribution in [0.3, 0.4) is 0 Å². The summed E-state index contributed by atoms with van der Waals surface area (Å²) in [6, 6.07) is 2.12. The van der Waals surface area contributed by atoms with Gasteiger partial charge < -0.3 is 5.73 Å². The fourth-order valence-electron chi connectivity index (χ4n) is 1.81. The van der Waals surface area contributed by atoms with Gasteiger partial charge in [0.25, 0.3) is 0 Å². The molecule has 1 fully saturated rings. The first kappa shape index (κ1) is 10.9. The van der Waals surface area contributed by atoms with E-state index in [2.05, 4.69) is 12.6 Å². The van der Waals surface area contributed by atoms with Crippen molar-refractivity contribution in [1.82, 2.24) is 0 Å². The molecule has 3 atom stereocenters. The Kier molecular flexibility index (Phi) is 2.77. The fourth-order valence-corrected chi connectivity index (χ4v) is 1.81. The maximum Gasteiger partial charge on any atom is 0.154 e. The molecule has 0 saturated heterocycles. The molecule has 3 heteroatoms. The van der Waals surface area contributed by atoms with Gasteiger partial charge in [-0.3, -0.25) is 4.79 Å². The normalized spacial score (nSPS) is 37.7. The van der Waals surface area contributed by atoms with E-state index < -0.39 is 5.54 Å². The Hall–Kier alpha value is -1.14. The number of nitrogens with zero attached hydrogens (tertiary/aromatic N) is 1. The van der Waals surface area contributed by atoms with Crippen LogP contribution in [0.2, 0.25) is 0 Å². The quantitative estimate of drug-likeness (QED) is 0.638. The van der Waals surface area contributed by atoms with Crippen LogP contribution in [0.1, 0.15) is 26.7 Å². The zero-order chi connectivity index (χ0) is 10.9. The van der Waals surface area contributed by atoms with Crippen molar-refractivity contribution in [3.05, 3.63) is 12.2 Å². The molecule has 76 valence electrons. The Morgan fingerprint density at radius 2 is 2.36 bits per heavy atom. The Labute approximate surface area is 84.6 Å². The molecule has 1 rings (SSSR count). The average molecular weight is 192 g/mol. The Balaban J connectivity index is 2.91. The zero-order valence-corrected chi connectivity index (χ0v) is 8.71. The van der Waals surface area contributed by atoms with Gasteiger partial charge in [0.15, 0.2) is 5.78 Å². The number of hydrogen-bond acceptors (Lipinski definition) is 3. The molecule has 0 heterocycles. The molecule has 0 amide bonds. The van der Waals surface area contributed by atoms with Gasteiger partial charge in [-0.25, -0.2) is 0 Å². The minimum absolute atomic E-state index is 0.0247. The molecule has 0 spiro atoms. The highest BCUT2D eigenvalue weighted by atomic mass is 16.1. The molecular weight excluding hydrogens is 176 g/mol. The molecule has 0 aromatic heterocycles. The second-order valence-electron chi connectivity index (χ2n) is 4.37. The van der Waals surface area contributed by atoms with Crippen LogP contribution in [0.5, 0.6) is 0 Å². The highest BCUT2D eigenvalue weighted by molar-refractivity contribution is 5.89. The van der Waals surface area contributed by atoms with Gasteiger partial charge in [0.1, 0.15) is 0 Å². The number of nitrogens with two attached hydrogens (primary N) is 1. The molecule has 14 heavy (non-hydrogen) atoms. The summed E-state index contributed by atoms with van der Waals surface area (Å²) in [5, 5.41) is 8.93. The van der Waals surface area contributed by atoms with Crippen LogP contribution in [0, 0.1) is 23.2 Å². The summed E-state index contributed by atoms with van der Waals surface area (Å²) in [7, 11) is 0. The number of carbonyl (C=O) groups is 1. The van der Waals surface area contributed by atoms with Gasteiger partial charge in [0.2, 0.25) is 0 Å². The van der Waals surface area contributed by atoms with E-state index in [-0.39, 0.29) is 17.6 Å². The summed E-state index contributed by atoms with van der Waals surface area (Å²) in [5.41, 5.74) is 5.83. The second-order valence-corrected chi connectivity index (χ2v) is 4.37. The van der Waals surface area contributed by atoms with Gasteiger partial charge in [-0.15, -0.1) is 0 Å². The predicted molar refractivity (Wildman–Crippen MR) is 54.2 cm³/mol. The number of allylic oxidation sites excluding steroid dienone is 1. The number of ketones is 1. The molecular formula is C11H16N2O. The third-order valence-corrected chi connectivity index (χ3v) is 3.13. The van der Waals surface area contributed by atoms with Gasteiger partial charge in [0.05, 0.1) is 17.5 Å². The zero-order valence-electron chi connectivity index (χ0n) is 8.71. The van der Waals surface area contributed by atoms with Gasteiger partial charge >= 0.3 is 0 Å².